The van der Waals surface area contributed by atoms with Crippen LogP contribution in [-0.2, 0) is 0 Å². The number of rotatable bonds is 2. The minimum atomic E-state index is 0.659. The molecule has 0 radical (unpaired) electrons. The minimum Gasteiger partial charge on any atom is -0.149 e. The van der Waals surface area contributed by atoms with Gasteiger partial charge in [0.2, 0.25) is 0 Å². The van der Waals surface area contributed by atoms with Crippen molar-refractivity contribution in [2.24, 2.45) is 0 Å². The Morgan fingerprint density at radius 1 is 0.765 bits per heavy atom. The van der Waals surface area contributed by atoms with Crippen molar-refractivity contribution in [3.05, 3.63) is 58.3 Å². The first-order valence-corrected chi connectivity index (χ1v) is 7.07. The summed E-state index contributed by atoms with van der Waals surface area (Å²) < 4.78 is 0. The number of thiophene rings is 1. The van der Waals surface area contributed by atoms with Gasteiger partial charge in [-0.25, -0.2) is 0 Å². The van der Waals surface area contributed by atoms with Crippen molar-refractivity contribution >= 4 is 11.3 Å². The molecule has 0 spiro atoms. The van der Waals surface area contributed by atoms with E-state index >= 15 is 0 Å². The van der Waals surface area contributed by atoms with Gasteiger partial charge in [-0.05, 0) is 28.8 Å². The molecule has 92 valence electrons. The van der Waals surface area contributed by atoms with Crippen LogP contribution in [0, 0.1) is 0 Å². The molecule has 2 aromatic rings. The third-order valence-corrected chi connectivity index (χ3v) is 3.75. The third kappa shape index (κ3) is 5.18. The van der Waals surface area contributed by atoms with E-state index in [9.17, 15) is 0 Å². The topological polar surface area (TPSA) is 0 Å². The van der Waals surface area contributed by atoms with E-state index < -0.39 is 0 Å². The predicted molar refractivity (Wildman–Crippen MR) is 78.9 cm³/mol. The molecule has 0 saturated carbocycles. The molecular formula is C16H22S. The van der Waals surface area contributed by atoms with Gasteiger partial charge >= 0.3 is 0 Å². The van der Waals surface area contributed by atoms with Crippen LogP contribution < -0.4 is 0 Å². The summed E-state index contributed by atoms with van der Waals surface area (Å²) in [4.78, 5) is 1.48. The highest BCUT2D eigenvalue weighted by Gasteiger charge is 1.95. The summed E-state index contributed by atoms with van der Waals surface area (Å²) in [6, 6.07) is 14.8. The third-order valence-electron chi connectivity index (χ3n) is 2.58. The van der Waals surface area contributed by atoms with Gasteiger partial charge in [0.1, 0.15) is 0 Å². The zero-order valence-corrected chi connectivity index (χ0v) is 12.0. The Hall–Kier alpha value is -1.08. The zero-order valence-electron chi connectivity index (χ0n) is 11.2. The lowest BCUT2D eigenvalue weighted by Crippen LogP contribution is -1.83. The van der Waals surface area contributed by atoms with Crippen molar-refractivity contribution in [2.45, 2.75) is 39.5 Å². The average Bonchev–Trinajstić information content (AvgIpc) is 2.84. The molecule has 0 aliphatic carbocycles. The summed E-state index contributed by atoms with van der Waals surface area (Å²) in [5.41, 5.74) is 1.41. The standard InChI is InChI=1S/C9H12.C7H10S/c1-8(2)9-6-4-3-5-7-9;1-6(2)7-4-3-5-8-7/h3-8H,1-2H3;3-6H,1-2H3. The number of benzene rings is 1. The maximum Gasteiger partial charge on any atom is 0.00706 e. The van der Waals surface area contributed by atoms with E-state index in [2.05, 4.69) is 69.5 Å². The van der Waals surface area contributed by atoms with Gasteiger partial charge in [0.05, 0.1) is 0 Å². The lowest BCUT2D eigenvalue weighted by molar-refractivity contribution is 0.867. The molecule has 17 heavy (non-hydrogen) atoms. The molecule has 0 bridgehead atoms. The first-order chi connectivity index (χ1) is 8.11. The van der Waals surface area contributed by atoms with Crippen molar-refractivity contribution in [3.8, 4) is 0 Å². The van der Waals surface area contributed by atoms with Crippen molar-refractivity contribution < 1.29 is 0 Å². The Morgan fingerprint density at radius 2 is 1.41 bits per heavy atom. The molecule has 1 heterocycles. The smallest absolute Gasteiger partial charge is 0.00706 e. The molecule has 0 nitrogen and oxygen atoms in total. The van der Waals surface area contributed by atoms with Crippen LogP contribution in [0.1, 0.15) is 50.0 Å². The fourth-order valence-electron chi connectivity index (χ4n) is 1.46. The van der Waals surface area contributed by atoms with Crippen molar-refractivity contribution in [3.63, 3.8) is 0 Å². The molecule has 0 aliphatic heterocycles. The Morgan fingerprint density at radius 3 is 1.71 bits per heavy atom. The summed E-state index contributed by atoms with van der Waals surface area (Å²) in [6.45, 7) is 8.84. The molecule has 2 rings (SSSR count). The van der Waals surface area contributed by atoms with Crippen LogP contribution in [0.25, 0.3) is 0 Å². The Kier molecular flexibility index (Phi) is 5.99. The summed E-state index contributed by atoms with van der Waals surface area (Å²) in [5.74, 6) is 1.36. The van der Waals surface area contributed by atoms with Crippen LogP contribution in [-0.4, -0.2) is 0 Å². The van der Waals surface area contributed by atoms with Gasteiger partial charge in [-0.3, -0.25) is 0 Å². The molecule has 1 heteroatoms. The number of hydrogen-bond donors (Lipinski definition) is 0. The summed E-state index contributed by atoms with van der Waals surface area (Å²) >= 11 is 1.83. The quantitative estimate of drug-likeness (QED) is 0.639. The highest BCUT2D eigenvalue weighted by atomic mass is 32.1. The van der Waals surface area contributed by atoms with Gasteiger partial charge in [-0.1, -0.05) is 64.1 Å². The van der Waals surface area contributed by atoms with E-state index in [-0.39, 0.29) is 0 Å². The van der Waals surface area contributed by atoms with Crippen molar-refractivity contribution in [1.82, 2.24) is 0 Å². The maximum absolute atomic E-state index is 2.21. The summed E-state index contributed by atoms with van der Waals surface area (Å²) in [6.07, 6.45) is 0. The first-order valence-electron chi connectivity index (χ1n) is 6.19. The van der Waals surface area contributed by atoms with Crippen LogP contribution in [0.4, 0.5) is 0 Å². The average molecular weight is 246 g/mol. The van der Waals surface area contributed by atoms with Gasteiger partial charge in [-0.2, -0.15) is 0 Å². The molecule has 0 saturated heterocycles. The fourth-order valence-corrected chi connectivity index (χ4v) is 2.20. The van der Waals surface area contributed by atoms with E-state index in [0.717, 1.165) is 0 Å². The summed E-state index contributed by atoms with van der Waals surface area (Å²) in [7, 11) is 0. The Labute approximate surface area is 109 Å². The van der Waals surface area contributed by atoms with Crippen LogP contribution in [0.5, 0.6) is 0 Å². The van der Waals surface area contributed by atoms with Gasteiger partial charge in [0.25, 0.3) is 0 Å². The largest absolute Gasteiger partial charge is 0.149 e. The van der Waals surface area contributed by atoms with E-state index in [1.807, 2.05) is 17.4 Å². The molecule has 0 aliphatic rings. The van der Waals surface area contributed by atoms with Gasteiger partial charge < -0.3 is 0 Å². The molecule has 1 aromatic carbocycles. The highest BCUT2D eigenvalue weighted by Crippen LogP contribution is 2.18. The predicted octanol–water partition coefficient (Wildman–Crippen LogP) is 5.68. The van der Waals surface area contributed by atoms with E-state index in [1.54, 1.807) is 0 Å². The molecular weight excluding hydrogens is 224 g/mol. The van der Waals surface area contributed by atoms with E-state index in [4.69, 9.17) is 0 Å². The molecule has 0 N–H and O–H groups in total. The Bertz CT molecular complexity index is 385. The van der Waals surface area contributed by atoms with Crippen LogP contribution in [0.15, 0.2) is 47.8 Å². The highest BCUT2D eigenvalue weighted by molar-refractivity contribution is 7.10. The van der Waals surface area contributed by atoms with Crippen LogP contribution in [0.2, 0.25) is 0 Å². The number of hydrogen-bond acceptors (Lipinski definition) is 1. The minimum absolute atomic E-state index is 0.659. The lowest BCUT2D eigenvalue weighted by Gasteiger charge is -2.01. The van der Waals surface area contributed by atoms with E-state index in [1.165, 1.54) is 10.4 Å². The second kappa shape index (κ2) is 7.29. The zero-order chi connectivity index (χ0) is 12.7. The second-order valence-corrected chi connectivity index (χ2v) is 5.71. The van der Waals surface area contributed by atoms with Crippen LogP contribution in [0.3, 0.4) is 0 Å². The lowest BCUT2D eigenvalue weighted by atomic mass is 10.0. The van der Waals surface area contributed by atoms with Gasteiger partial charge in [0, 0.05) is 4.88 Å². The van der Waals surface area contributed by atoms with Crippen molar-refractivity contribution in [1.29, 1.82) is 0 Å². The van der Waals surface area contributed by atoms with Gasteiger partial charge in [-0.15, -0.1) is 11.3 Å². The fraction of sp³-hybridized carbons (Fsp3) is 0.375. The summed E-state index contributed by atoms with van der Waals surface area (Å²) in [5, 5.41) is 2.12. The molecule has 1 aromatic heterocycles. The van der Waals surface area contributed by atoms with Crippen LogP contribution >= 0.6 is 11.3 Å². The Balaban J connectivity index is 0.000000171. The second-order valence-electron chi connectivity index (χ2n) is 4.74. The molecule has 0 fully saturated rings. The SMILES string of the molecule is CC(C)c1ccccc1.CC(C)c1cccs1. The normalized spacial score (nSPS) is 10.2. The van der Waals surface area contributed by atoms with Gasteiger partial charge in [0.15, 0.2) is 0 Å². The molecule has 0 atom stereocenters. The maximum atomic E-state index is 2.21. The first kappa shape index (κ1) is 14.0. The molecule has 0 amide bonds. The van der Waals surface area contributed by atoms with Crippen molar-refractivity contribution in [2.75, 3.05) is 0 Å². The monoisotopic (exact) mass is 246 g/mol. The van der Waals surface area contributed by atoms with E-state index in [0.29, 0.717) is 11.8 Å². The molecule has 0 unspecified atom stereocenters.